The molecule has 1 atom stereocenters. The van der Waals surface area contributed by atoms with Crippen molar-refractivity contribution in [1.82, 2.24) is 14.5 Å². The molecule has 0 bridgehead atoms. The van der Waals surface area contributed by atoms with Crippen LogP contribution in [-0.4, -0.2) is 27.4 Å². The van der Waals surface area contributed by atoms with E-state index in [0.717, 1.165) is 19.3 Å². The number of halogens is 1. The van der Waals surface area contributed by atoms with E-state index in [9.17, 15) is 9.59 Å². The zero-order chi connectivity index (χ0) is 17.4. The lowest BCUT2D eigenvalue weighted by atomic mass is 9.84. The van der Waals surface area contributed by atoms with Gasteiger partial charge in [0.2, 0.25) is 5.91 Å². The summed E-state index contributed by atoms with van der Waals surface area (Å²) >= 11 is 6.01. The minimum Gasteiger partial charge on any atom is -0.336 e. The highest BCUT2D eigenvalue weighted by molar-refractivity contribution is 6.31. The molecule has 0 spiro atoms. The summed E-state index contributed by atoms with van der Waals surface area (Å²) in [5.41, 5.74) is 0.497. The van der Waals surface area contributed by atoms with E-state index in [-0.39, 0.29) is 23.4 Å². The third-order valence-corrected chi connectivity index (χ3v) is 5.25. The average Bonchev–Trinajstić information content (AvgIpc) is 2.52. The molecule has 1 unspecified atom stereocenters. The van der Waals surface area contributed by atoms with Gasteiger partial charge < -0.3 is 4.90 Å². The molecule has 0 radical (unpaired) electrons. The smallest absolute Gasteiger partial charge is 0.261 e. The molecule has 1 aromatic carbocycles. The van der Waals surface area contributed by atoms with E-state index in [1.165, 1.54) is 0 Å². The lowest BCUT2D eigenvalue weighted by Gasteiger charge is -2.33. The lowest BCUT2D eigenvalue weighted by molar-refractivity contribution is -0.139. The van der Waals surface area contributed by atoms with Crippen molar-refractivity contribution in [3.63, 3.8) is 0 Å². The highest BCUT2D eigenvalue weighted by Gasteiger charge is 2.31. The third-order valence-electron chi connectivity index (χ3n) is 5.02. The highest BCUT2D eigenvalue weighted by Crippen LogP contribution is 2.30. The Morgan fingerprint density at radius 2 is 2.17 bits per heavy atom. The van der Waals surface area contributed by atoms with Crippen LogP contribution in [0.2, 0.25) is 5.02 Å². The summed E-state index contributed by atoms with van der Waals surface area (Å²) in [4.78, 5) is 31.7. The average molecular weight is 348 g/mol. The Hall–Kier alpha value is -1.88. The Kier molecular flexibility index (Phi) is 4.63. The van der Waals surface area contributed by atoms with Crippen LogP contribution in [0.5, 0.6) is 0 Å². The molecule has 1 amide bonds. The van der Waals surface area contributed by atoms with Crippen molar-refractivity contribution in [1.29, 1.82) is 0 Å². The van der Waals surface area contributed by atoms with Crippen molar-refractivity contribution in [3.05, 3.63) is 39.4 Å². The molecule has 1 saturated carbocycles. The summed E-state index contributed by atoms with van der Waals surface area (Å²) in [5, 5.41) is 1.02. The number of nitrogens with zero attached hydrogens (tertiary/aromatic N) is 3. The summed E-state index contributed by atoms with van der Waals surface area (Å²) in [5.74, 6) is 0.882. The van der Waals surface area contributed by atoms with Crippen LogP contribution in [0.15, 0.2) is 23.0 Å². The number of rotatable bonds is 4. The molecular formula is C18H22ClN3O2. The Labute approximate surface area is 146 Å². The van der Waals surface area contributed by atoms with Crippen molar-refractivity contribution < 1.29 is 4.79 Å². The molecule has 1 aromatic heterocycles. The predicted molar refractivity (Wildman–Crippen MR) is 95.2 cm³/mol. The van der Waals surface area contributed by atoms with E-state index >= 15 is 0 Å². The first-order chi connectivity index (χ1) is 11.4. The quantitative estimate of drug-likeness (QED) is 0.851. The summed E-state index contributed by atoms with van der Waals surface area (Å²) in [6, 6.07) is 4.87. The molecule has 128 valence electrons. The second kappa shape index (κ2) is 6.55. The van der Waals surface area contributed by atoms with Crippen LogP contribution in [0.25, 0.3) is 10.9 Å². The van der Waals surface area contributed by atoms with Gasteiger partial charge in [0.15, 0.2) is 0 Å². The summed E-state index contributed by atoms with van der Waals surface area (Å²) in [6.07, 6.45) is 3.04. The standard InChI is InChI=1S/C18H22ClN3O2/c1-4-22-16(11(2)21(3)17(23)12-6-5-7-12)20-15-9-8-13(19)10-14(15)18(22)24/h8-12H,4-7H2,1-3H3. The first-order valence-corrected chi connectivity index (χ1v) is 8.78. The van der Waals surface area contributed by atoms with Gasteiger partial charge in [-0.25, -0.2) is 4.98 Å². The summed E-state index contributed by atoms with van der Waals surface area (Å²) in [7, 11) is 1.80. The Bertz CT molecular complexity index is 842. The van der Waals surface area contributed by atoms with Crippen LogP contribution in [0.3, 0.4) is 0 Å². The molecule has 1 aliphatic carbocycles. The normalized spacial score (nSPS) is 16.0. The molecule has 1 heterocycles. The Morgan fingerprint density at radius 1 is 1.46 bits per heavy atom. The zero-order valence-corrected chi connectivity index (χ0v) is 15.0. The van der Waals surface area contributed by atoms with E-state index in [1.807, 2.05) is 13.8 Å². The van der Waals surface area contributed by atoms with Gasteiger partial charge in [-0.05, 0) is 44.9 Å². The van der Waals surface area contributed by atoms with E-state index in [0.29, 0.717) is 28.3 Å². The van der Waals surface area contributed by atoms with Crippen molar-refractivity contribution >= 4 is 28.4 Å². The molecule has 2 aromatic rings. The largest absolute Gasteiger partial charge is 0.336 e. The maximum absolute atomic E-state index is 12.8. The maximum atomic E-state index is 12.8. The maximum Gasteiger partial charge on any atom is 0.261 e. The Balaban J connectivity index is 2.05. The first-order valence-electron chi connectivity index (χ1n) is 8.40. The number of hydrogen-bond donors (Lipinski definition) is 0. The number of amides is 1. The van der Waals surface area contributed by atoms with Gasteiger partial charge in [0.05, 0.1) is 16.9 Å². The fraction of sp³-hybridized carbons (Fsp3) is 0.500. The Morgan fingerprint density at radius 3 is 2.75 bits per heavy atom. The SMILES string of the molecule is CCn1c(C(C)N(C)C(=O)C2CCC2)nc2ccc(Cl)cc2c1=O. The molecule has 0 aliphatic heterocycles. The molecular weight excluding hydrogens is 326 g/mol. The molecule has 5 nitrogen and oxygen atoms in total. The zero-order valence-electron chi connectivity index (χ0n) is 14.3. The van der Waals surface area contributed by atoms with Gasteiger partial charge in [-0.15, -0.1) is 0 Å². The predicted octanol–water partition coefficient (Wildman–Crippen LogP) is 3.39. The van der Waals surface area contributed by atoms with Gasteiger partial charge >= 0.3 is 0 Å². The van der Waals surface area contributed by atoms with Gasteiger partial charge in [-0.2, -0.15) is 0 Å². The van der Waals surface area contributed by atoms with Crippen LogP contribution in [0.4, 0.5) is 0 Å². The van der Waals surface area contributed by atoms with Crippen molar-refractivity contribution in [2.45, 2.75) is 45.7 Å². The molecule has 0 N–H and O–H groups in total. The molecule has 1 fully saturated rings. The van der Waals surface area contributed by atoms with E-state index in [4.69, 9.17) is 11.6 Å². The first kappa shape index (κ1) is 17.0. The summed E-state index contributed by atoms with van der Waals surface area (Å²) in [6.45, 7) is 4.33. The van der Waals surface area contributed by atoms with Gasteiger partial charge in [0, 0.05) is 24.5 Å². The van der Waals surface area contributed by atoms with Crippen molar-refractivity contribution in [3.8, 4) is 0 Å². The van der Waals surface area contributed by atoms with E-state index in [2.05, 4.69) is 4.98 Å². The van der Waals surface area contributed by atoms with Crippen molar-refractivity contribution in [2.24, 2.45) is 5.92 Å². The lowest BCUT2D eigenvalue weighted by Crippen LogP contribution is -2.40. The van der Waals surface area contributed by atoms with Crippen LogP contribution in [0.1, 0.15) is 45.0 Å². The second-order valence-electron chi connectivity index (χ2n) is 6.43. The monoisotopic (exact) mass is 347 g/mol. The number of aromatic nitrogens is 2. The molecule has 1 aliphatic rings. The van der Waals surface area contributed by atoms with Crippen LogP contribution in [-0.2, 0) is 11.3 Å². The van der Waals surface area contributed by atoms with Crippen molar-refractivity contribution in [2.75, 3.05) is 7.05 Å². The van der Waals surface area contributed by atoms with E-state index in [1.54, 1.807) is 34.7 Å². The number of fused-ring (bicyclic) bond motifs is 1. The minimum absolute atomic E-state index is 0.114. The summed E-state index contributed by atoms with van der Waals surface area (Å²) < 4.78 is 1.63. The van der Waals surface area contributed by atoms with Crippen LogP contribution in [0, 0.1) is 5.92 Å². The number of benzene rings is 1. The molecule has 6 heteroatoms. The highest BCUT2D eigenvalue weighted by atomic mass is 35.5. The topological polar surface area (TPSA) is 55.2 Å². The number of carbonyl (C=O) groups is 1. The van der Waals surface area contributed by atoms with Gasteiger partial charge in [-0.1, -0.05) is 18.0 Å². The van der Waals surface area contributed by atoms with Gasteiger partial charge in [0.25, 0.3) is 5.56 Å². The molecule has 0 saturated heterocycles. The number of carbonyl (C=O) groups excluding carboxylic acids is 1. The van der Waals surface area contributed by atoms with Gasteiger partial charge in [0.1, 0.15) is 5.82 Å². The van der Waals surface area contributed by atoms with Gasteiger partial charge in [-0.3, -0.25) is 14.2 Å². The van der Waals surface area contributed by atoms with E-state index < -0.39 is 0 Å². The van der Waals surface area contributed by atoms with Crippen LogP contribution >= 0.6 is 11.6 Å². The fourth-order valence-corrected chi connectivity index (χ4v) is 3.31. The third kappa shape index (κ3) is 2.81. The number of hydrogen-bond acceptors (Lipinski definition) is 3. The molecule has 24 heavy (non-hydrogen) atoms. The second-order valence-corrected chi connectivity index (χ2v) is 6.87. The van der Waals surface area contributed by atoms with Crippen LogP contribution < -0.4 is 5.56 Å². The minimum atomic E-state index is -0.258. The fourth-order valence-electron chi connectivity index (χ4n) is 3.14. The molecule has 3 rings (SSSR count).